The van der Waals surface area contributed by atoms with Crippen LogP contribution in [0, 0.1) is 0 Å². The van der Waals surface area contributed by atoms with Crippen molar-refractivity contribution in [3.05, 3.63) is 87.9 Å². The largest absolute Gasteiger partial charge is 0.364 e. The van der Waals surface area contributed by atoms with E-state index in [1.807, 2.05) is 24.1 Å². The third-order valence-corrected chi connectivity index (χ3v) is 11.6. The Labute approximate surface area is 328 Å². The molecule has 0 bridgehead atoms. The topological polar surface area (TPSA) is 203 Å². The molecule has 17 nitrogen and oxygen atoms in total. The summed E-state index contributed by atoms with van der Waals surface area (Å²) >= 11 is 0. The number of nitrogens with two attached hydrogens (primary N) is 1. The van der Waals surface area contributed by atoms with Crippen LogP contribution in [-0.2, 0) is 22.6 Å². The number of primary amides is 1. The van der Waals surface area contributed by atoms with Gasteiger partial charge in [0, 0.05) is 84.4 Å². The van der Waals surface area contributed by atoms with Gasteiger partial charge in [-0.25, -0.2) is 14.8 Å². The van der Waals surface area contributed by atoms with E-state index in [1.165, 1.54) is 0 Å². The minimum absolute atomic E-state index is 0.0385. The van der Waals surface area contributed by atoms with Crippen molar-refractivity contribution in [1.82, 2.24) is 39.8 Å². The fraction of sp³-hybridized carbons (Fsp3) is 0.425. The lowest BCUT2D eigenvalue weighted by Gasteiger charge is -2.37. The number of carbonyl (C=O) groups is 7. The molecule has 57 heavy (non-hydrogen) atoms. The van der Waals surface area contributed by atoms with E-state index in [0.29, 0.717) is 69.4 Å². The highest BCUT2D eigenvalue weighted by Gasteiger charge is 2.44. The molecule has 0 radical (unpaired) electrons. The number of benzene rings is 2. The lowest BCUT2D eigenvalue weighted by molar-refractivity contribution is -0.136. The molecule has 296 valence electrons. The minimum atomic E-state index is -1.02. The van der Waals surface area contributed by atoms with Gasteiger partial charge in [0.25, 0.3) is 23.6 Å². The number of rotatable bonds is 9. The Morgan fingerprint density at radius 2 is 1.60 bits per heavy atom. The molecule has 2 atom stereocenters. The molecule has 5 aliphatic heterocycles. The van der Waals surface area contributed by atoms with E-state index in [9.17, 15) is 33.6 Å². The maximum absolute atomic E-state index is 13.5. The number of nitrogens with one attached hydrogen (secondary N) is 1. The molecule has 8 rings (SSSR count). The second-order valence-electron chi connectivity index (χ2n) is 15.3. The molecule has 17 heteroatoms. The Morgan fingerprint density at radius 3 is 2.30 bits per heavy atom. The molecule has 6 heterocycles. The molecule has 0 saturated carbocycles. The second-order valence-corrected chi connectivity index (χ2v) is 15.3. The van der Waals surface area contributed by atoms with Crippen molar-refractivity contribution in [2.75, 3.05) is 64.3 Å². The highest BCUT2D eigenvalue weighted by atomic mass is 16.2. The Balaban J connectivity index is 0.866. The van der Waals surface area contributed by atoms with E-state index >= 15 is 0 Å². The zero-order valence-electron chi connectivity index (χ0n) is 31.7. The first-order valence-electron chi connectivity index (χ1n) is 19.3. The van der Waals surface area contributed by atoms with Crippen LogP contribution in [-0.4, -0.2) is 147 Å². The first kappa shape index (κ1) is 37.7. The smallest absolute Gasteiger partial charge is 0.320 e. The van der Waals surface area contributed by atoms with Gasteiger partial charge < -0.3 is 25.3 Å². The summed E-state index contributed by atoms with van der Waals surface area (Å²) in [4.78, 5) is 109. The van der Waals surface area contributed by atoms with Crippen molar-refractivity contribution in [3.63, 3.8) is 0 Å². The predicted molar refractivity (Wildman–Crippen MR) is 204 cm³/mol. The maximum atomic E-state index is 13.5. The van der Waals surface area contributed by atoms with Gasteiger partial charge in [-0.2, -0.15) is 0 Å². The van der Waals surface area contributed by atoms with Gasteiger partial charge in [-0.3, -0.25) is 43.9 Å². The standard InChI is InChI=1S/C40H44N10O7/c1-45-13-18-49(40(45)57)27-3-2-12-48(23-27)32-21-42-34(35(41)52)30(43-32)20-24-4-7-26(8-5-24)37(54)47-16-14-46(15-17-47)22-25-6-9-28-29(19-25)39(56)50(38(28)55)31-10-11-33(51)44-36(31)53/h4-9,19,21,27,31H,2-3,10-18,20,22-23H2,1H3,(H2,41,52)(H,44,51,53)/t27-,31?/m0/s1. The molecular weight excluding hydrogens is 733 g/mol. The number of imide groups is 2. The number of piperazine rings is 1. The highest BCUT2D eigenvalue weighted by Crippen LogP contribution is 2.29. The van der Waals surface area contributed by atoms with Gasteiger partial charge in [-0.05, 0) is 54.7 Å². The minimum Gasteiger partial charge on any atom is -0.364 e. The van der Waals surface area contributed by atoms with Crippen LogP contribution in [0.4, 0.5) is 10.6 Å². The number of anilines is 1. The lowest BCUT2D eigenvalue weighted by Crippen LogP contribution is -2.54. The van der Waals surface area contributed by atoms with Crippen LogP contribution in [0.15, 0.2) is 48.7 Å². The first-order chi connectivity index (χ1) is 27.4. The Morgan fingerprint density at radius 1 is 0.860 bits per heavy atom. The van der Waals surface area contributed by atoms with Gasteiger partial charge in [0.2, 0.25) is 11.8 Å². The Bertz CT molecular complexity index is 2170. The molecule has 4 saturated heterocycles. The molecule has 1 aromatic heterocycles. The Hall–Kier alpha value is -6.23. The third-order valence-electron chi connectivity index (χ3n) is 11.6. The molecule has 8 amide bonds. The van der Waals surface area contributed by atoms with E-state index in [2.05, 4.69) is 20.1 Å². The monoisotopic (exact) mass is 776 g/mol. The van der Waals surface area contributed by atoms with E-state index in [-0.39, 0.29) is 54.1 Å². The van der Waals surface area contributed by atoms with Crippen LogP contribution in [0.3, 0.4) is 0 Å². The molecule has 5 aliphatic rings. The number of hydrogen-bond acceptors (Lipinski definition) is 11. The highest BCUT2D eigenvalue weighted by molar-refractivity contribution is 6.23. The van der Waals surface area contributed by atoms with Crippen LogP contribution in [0.25, 0.3) is 0 Å². The molecular formula is C40H44N10O7. The summed E-state index contributed by atoms with van der Waals surface area (Å²) in [6, 6.07) is 11.4. The lowest BCUT2D eigenvalue weighted by atomic mass is 10.0. The summed E-state index contributed by atoms with van der Waals surface area (Å²) in [5, 5.41) is 2.21. The fourth-order valence-electron chi connectivity index (χ4n) is 8.45. The number of hydrogen-bond donors (Lipinski definition) is 2. The number of amides is 8. The molecule has 3 N–H and O–H groups in total. The number of carbonyl (C=O) groups excluding carboxylic acids is 7. The normalized spacial score (nSPS) is 21.7. The molecule has 1 unspecified atom stereocenters. The van der Waals surface area contributed by atoms with Crippen molar-refractivity contribution in [1.29, 1.82) is 0 Å². The summed E-state index contributed by atoms with van der Waals surface area (Å²) in [6.45, 7) is 5.49. The van der Waals surface area contributed by atoms with Gasteiger partial charge in [0.1, 0.15) is 17.6 Å². The van der Waals surface area contributed by atoms with Gasteiger partial charge in [0.05, 0.1) is 29.1 Å². The number of fused-ring (bicyclic) bond motifs is 1. The van der Waals surface area contributed by atoms with E-state index in [1.54, 1.807) is 46.3 Å². The summed E-state index contributed by atoms with van der Waals surface area (Å²) in [6.07, 6.45) is 3.82. The molecule has 4 fully saturated rings. The number of likely N-dealkylation sites (N-methyl/N-ethyl adjacent to an activating group) is 1. The zero-order chi connectivity index (χ0) is 40.0. The number of nitrogens with zero attached hydrogens (tertiary/aromatic N) is 8. The van der Waals surface area contributed by atoms with Gasteiger partial charge in [-0.1, -0.05) is 18.2 Å². The molecule has 0 spiro atoms. The van der Waals surface area contributed by atoms with Crippen molar-refractivity contribution < 1.29 is 33.6 Å². The first-order valence-corrected chi connectivity index (χ1v) is 19.3. The average Bonchev–Trinajstić information content (AvgIpc) is 3.67. The van der Waals surface area contributed by atoms with Crippen LogP contribution < -0.4 is 16.0 Å². The van der Waals surface area contributed by atoms with Crippen LogP contribution in [0.2, 0.25) is 0 Å². The average molecular weight is 777 g/mol. The Kier molecular flexibility index (Phi) is 10.2. The summed E-state index contributed by atoms with van der Waals surface area (Å²) in [7, 11) is 1.81. The molecule has 0 aliphatic carbocycles. The summed E-state index contributed by atoms with van der Waals surface area (Å²) in [5.41, 5.74) is 8.91. The van der Waals surface area contributed by atoms with Crippen LogP contribution >= 0.6 is 0 Å². The quantitative estimate of drug-likeness (QED) is 0.292. The second kappa shape index (κ2) is 15.4. The third kappa shape index (κ3) is 7.41. The number of urea groups is 1. The van der Waals surface area contributed by atoms with Crippen molar-refractivity contribution in [3.8, 4) is 0 Å². The van der Waals surface area contributed by atoms with Crippen LogP contribution in [0.5, 0.6) is 0 Å². The zero-order valence-corrected chi connectivity index (χ0v) is 31.7. The van der Waals surface area contributed by atoms with Gasteiger partial charge in [-0.15, -0.1) is 0 Å². The fourth-order valence-corrected chi connectivity index (χ4v) is 8.45. The SMILES string of the molecule is CN1CCN([C@H]2CCCN(c3cnc(C(N)=O)c(Cc4ccc(C(=O)N5CCN(Cc6ccc7c(c6)C(=O)N(C6CCC(=O)NC6=O)C7=O)CC5)cc4)n3)C2)C1=O. The summed E-state index contributed by atoms with van der Waals surface area (Å²) < 4.78 is 0. The number of aromatic nitrogens is 2. The number of piperidine rings is 2. The maximum Gasteiger partial charge on any atom is 0.320 e. The van der Waals surface area contributed by atoms with Crippen molar-refractivity contribution in [2.24, 2.45) is 5.73 Å². The molecule has 3 aromatic rings. The van der Waals surface area contributed by atoms with Crippen LogP contribution in [0.1, 0.15) is 84.1 Å². The molecule has 2 aromatic carbocycles. The van der Waals surface area contributed by atoms with E-state index in [0.717, 1.165) is 35.4 Å². The van der Waals surface area contributed by atoms with Crippen molar-refractivity contribution in [2.45, 2.75) is 50.7 Å². The van der Waals surface area contributed by atoms with Crippen molar-refractivity contribution >= 4 is 47.3 Å². The van der Waals surface area contributed by atoms with Gasteiger partial charge >= 0.3 is 6.03 Å². The van der Waals surface area contributed by atoms with Gasteiger partial charge in [0.15, 0.2) is 0 Å². The van der Waals surface area contributed by atoms with E-state index in [4.69, 9.17) is 10.7 Å². The van der Waals surface area contributed by atoms with E-state index < -0.39 is 35.6 Å². The predicted octanol–water partition coefficient (Wildman–Crippen LogP) is 0.862. The summed E-state index contributed by atoms with van der Waals surface area (Å²) in [5.74, 6) is -2.29.